The highest BCUT2D eigenvalue weighted by atomic mass is 16.5. The lowest BCUT2D eigenvalue weighted by Crippen LogP contribution is -2.00. The number of ether oxygens (including phenoxy) is 1. The molecule has 0 saturated heterocycles. The van der Waals surface area contributed by atoms with Crippen molar-refractivity contribution in [3.8, 4) is 5.88 Å². The van der Waals surface area contributed by atoms with E-state index in [9.17, 15) is 0 Å². The molecule has 0 aliphatic heterocycles. The first-order chi connectivity index (χ1) is 5.77. The minimum atomic E-state index is 0.443. The van der Waals surface area contributed by atoms with Crippen LogP contribution in [0.15, 0.2) is 12.3 Å². The molecule has 0 N–H and O–H groups in total. The summed E-state index contributed by atoms with van der Waals surface area (Å²) in [4.78, 5) is 4.20. The lowest BCUT2D eigenvalue weighted by molar-refractivity contribution is 0.288. The van der Waals surface area contributed by atoms with Crippen LogP contribution in [-0.4, -0.2) is 11.1 Å². The summed E-state index contributed by atoms with van der Waals surface area (Å²) in [6.07, 6.45) is 4.63. The molecular formula is C10H13NO. The summed E-state index contributed by atoms with van der Waals surface area (Å²) in [5, 5.41) is 0. The average Bonchev–Trinajstić information content (AvgIpc) is 2.83. The van der Waals surface area contributed by atoms with E-state index >= 15 is 0 Å². The summed E-state index contributed by atoms with van der Waals surface area (Å²) >= 11 is 0. The minimum Gasteiger partial charge on any atom is -0.474 e. The largest absolute Gasteiger partial charge is 0.474 e. The third-order valence-electron chi connectivity index (χ3n) is 2.23. The van der Waals surface area contributed by atoms with Crippen molar-refractivity contribution in [2.24, 2.45) is 0 Å². The molecular weight excluding hydrogens is 150 g/mol. The van der Waals surface area contributed by atoms with E-state index in [1.165, 1.54) is 24.0 Å². The molecule has 0 bridgehead atoms. The van der Waals surface area contributed by atoms with Crippen molar-refractivity contribution < 1.29 is 4.74 Å². The van der Waals surface area contributed by atoms with E-state index in [0.717, 1.165) is 5.88 Å². The SMILES string of the molecule is Cc1ccnc(OC2CC2)c1C. The lowest BCUT2D eigenvalue weighted by atomic mass is 10.2. The molecule has 1 aliphatic rings. The van der Waals surface area contributed by atoms with Gasteiger partial charge in [0.15, 0.2) is 0 Å². The van der Waals surface area contributed by atoms with E-state index in [4.69, 9.17) is 4.74 Å². The van der Waals surface area contributed by atoms with E-state index in [0.29, 0.717) is 6.10 Å². The number of hydrogen-bond acceptors (Lipinski definition) is 2. The fourth-order valence-electron chi connectivity index (χ4n) is 1.07. The van der Waals surface area contributed by atoms with Gasteiger partial charge in [-0.1, -0.05) is 0 Å². The molecule has 1 aromatic rings. The molecule has 2 rings (SSSR count). The van der Waals surface area contributed by atoms with Crippen molar-refractivity contribution in [2.45, 2.75) is 32.8 Å². The predicted molar refractivity (Wildman–Crippen MR) is 47.4 cm³/mol. The second kappa shape index (κ2) is 2.77. The van der Waals surface area contributed by atoms with Gasteiger partial charge in [-0.15, -0.1) is 0 Å². The Balaban J connectivity index is 2.23. The molecule has 12 heavy (non-hydrogen) atoms. The molecule has 0 atom stereocenters. The Bertz CT molecular complexity index is 292. The minimum absolute atomic E-state index is 0.443. The van der Waals surface area contributed by atoms with E-state index in [1.807, 2.05) is 6.07 Å². The molecule has 0 amide bonds. The van der Waals surface area contributed by atoms with Crippen LogP contribution < -0.4 is 4.74 Å². The Morgan fingerprint density at radius 3 is 2.83 bits per heavy atom. The second-order valence-electron chi connectivity index (χ2n) is 3.38. The van der Waals surface area contributed by atoms with Crippen molar-refractivity contribution >= 4 is 0 Å². The molecule has 1 fully saturated rings. The van der Waals surface area contributed by atoms with E-state index in [-0.39, 0.29) is 0 Å². The molecule has 0 radical (unpaired) electrons. The summed E-state index contributed by atoms with van der Waals surface area (Å²) in [6.45, 7) is 4.14. The van der Waals surface area contributed by atoms with E-state index in [1.54, 1.807) is 6.20 Å². The maximum absolute atomic E-state index is 5.63. The first-order valence-electron chi connectivity index (χ1n) is 4.36. The lowest BCUT2D eigenvalue weighted by Gasteiger charge is -2.07. The number of rotatable bonds is 2. The van der Waals surface area contributed by atoms with Crippen LogP contribution in [-0.2, 0) is 0 Å². The summed E-state index contributed by atoms with van der Waals surface area (Å²) in [5.74, 6) is 0.817. The Morgan fingerprint density at radius 2 is 2.17 bits per heavy atom. The molecule has 2 nitrogen and oxygen atoms in total. The van der Waals surface area contributed by atoms with Crippen molar-refractivity contribution in [2.75, 3.05) is 0 Å². The fraction of sp³-hybridized carbons (Fsp3) is 0.500. The van der Waals surface area contributed by atoms with Gasteiger partial charge in [-0.3, -0.25) is 0 Å². The van der Waals surface area contributed by atoms with Gasteiger partial charge in [0.05, 0.1) is 0 Å². The van der Waals surface area contributed by atoms with Gasteiger partial charge < -0.3 is 4.74 Å². The summed E-state index contributed by atoms with van der Waals surface area (Å²) in [5.41, 5.74) is 2.42. The molecule has 0 unspecified atom stereocenters. The predicted octanol–water partition coefficient (Wildman–Crippen LogP) is 2.24. The molecule has 1 heterocycles. The molecule has 1 aromatic heterocycles. The standard InChI is InChI=1S/C10H13NO/c1-7-5-6-11-10(8(7)2)12-9-3-4-9/h5-6,9H,3-4H2,1-2H3. The van der Waals surface area contributed by atoms with Crippen LogP contribution in [0.4, 0.5) is 0 Å². The Labute approximate surface area is 72.6 Å². The topological polar surface area (TPSA) is 22.1 Å². The van der Waals surface area contributed by atoms with Crippen molar-refractivity contribution in [3.05, 3.63) is 23.4 Å². The van der Waals surface area contributed by atoms with Crippen LogP contribution >= 0.6 is 0 Å². The van der Waals surface area contributed by atoms with E-state index in [2.05, 4.69) is 18.8 Å². The molecule has 0 aromatic carbocycles. The van der Waals surface area contributed by atoms with Crippen LogP contribution in [0.2, 0.25) is 0 Å². The van der Waals surface area contributed by atoms with Gasteiger partial charge in [0.25, 0.3) is 0 Å². The summed E-state index contributed by atoms with van der Waals surface area (Å²) in [6, 6.07) is 2.01. The van der Waals surface area contributed by atoms with Gasteiger partial charge in [-0.2, -0.15) is 0 Å². The third-order valence-corrected chi connectivity index (χ3v) is 2.23. The monoisotopic (exact) mass is 163 g/mol. The van der Waals surface area contributed by atoms with Gasteiger partial charge >= 0.3 is 0 Å². The van der Waals surface area contributed by atoms with Crippen molar-refractivity contribution in [1.82, 2.24) is 4.98 Å². The molecule has 1 saturated carbocycles. The Morgan fingerprint density at radius 1 is 1.42 bits per heavy atom. The van der Waals surface area contributed by atoms with Crippen molar-refractivity contribution in [3.63, 3.8) is 0 Å². The third kappa shape index (κ3) is 1.42. The van der Waals surface area contributed by atoms with Crippen LogP contribution in [0.1, 0.15) is 24.0 Å². The zero-order valence-corrected chi connectivity index (χ0v) is 7.50. The molecule has 64 valence electrons. The first-order valence-corrected chi connectivity index (χ1v) is 4.36. The second-order valence-corrected chi connectivity index (χ2v) is 3.38. The van der Waals surface area contributed by atoms with Gasteiger partial charge in [-0.05, 0) is 38.3 Å². The molecule has 0 spiro atoms. The van der Waals surface area contributed by atoms with E-state index < -0.39 is 0 Å². The van der Waals surface area contributed by atoms with Gasteiger partial charge in [0.1, 0.15) is 6.10 Å². The van der Waals surface area contributed by atoms with Crippen LogP contribution in [0, 0.1) is 13.8 Å². The number of aryl methyl sites for hydroxylation is 1. The summed E-state index contributed by atoms with van der Waals surface area (Å²) in [7, 11) is 0. The average molecular weight is 163 g/mol. The number of aromatic nitrogens is 1. The van der Waals surface area contributed by atoms with Gasteiger partial charge in [-0.25, -0.2) is 4.98 Å². The smallest absolute Gasteiger partial charge is 0.216 e. The van der Waals surface area contributed by atoms with Crippen LogP contribution in [0.5, 0.6) is 5.88 Å². The highest BCUT2D eigenvalue weighted by Crippen LogP contribution is 2.27. The Hall–Kier alpha value is -1.05. The van der Waals surface area contributed by atoms with Crippen LogP contribution in [0.3, 0.4) is 0 Å². The fourth-order valence-corrected chi connectivity index (χ4v) is 1.07. The zero-order chi connectivity index (χ0) is 8.55. The highest BCUT2D eigenvalue weighted by Gasteiger charge is 2.24. The summed E-state index contributed by atoms with van der Waals surface area (Å²) < 4.78 is 5.63. The van der Waals surface area contributed by atoms with Gasteiger partial charge in [0, 0.05) is 11.8 Å². The number of hydrogen-bond donors (Lipinski definition) is 0. The molecule has 1 aliphatic carbocycles. The Kier molecular flexibility index (Phi) is 1.75. The molecule has 2 heteroatoms. The number of nitrogens with zero attached hydrogens (tertiary/aromatic N) is 1. The quantitative estimate of drug-likeness (QED) is 0.667. The normalized spacial score (nSPS) is 16.2. The maximum Gasteiger partial charge on any atom is 0.216 e. The maximum atomic E-state index is 5.63. The number of pyridine rings is 1. The van der Waals surface area contributed by atoms with Crippen LogP contribution in [0.25, 0.3) is 0 Å². The van der Waals surface area contributed by atoms with Crippen molar-refractivity contribution in [1.29, 1.82) is 0 Å². The first kappa shape index (κ1) is 7.59. The van der Waals surface area contributed by atoms with Gasteiger partial charge in [0.2, 0.25) is 5.88 Å². The zero-order valence-electron chi connectivity index (χ0n) is 7.50. The highest BCUT2D eigenvalue weighted by molar-refractivity contribution is 5.32.